The zero-order valence-corrected chi connectivity index (χ0v) is 14.4. The molecule has 1 aliphatic heterocycles. The molecular formula is C21H17N3O3. The molecule has 134 valence electrons. The third-order valence-electron chi connectivity index (χ3n) is 4.30. The van der Waals surface area contributed by atoms with Crippen LogP contribution in [0.2, 0.25) is 0 Å². The van der Waals surface area contributed by atoms with Crippen molar-refractivity contribution in [3.05, 3.63) is 88.3 Å². The lowest BCUT2D eigenvalue weighted by Crippen LogP contribution is -2.37. The van der Waals surface area contributed by atoms with Crippen LogP contribution in [0.1, 0.15) is 17.5 Å². The van der Waals surface area contributed by atoms with E-state index >= 15 is 0 Å². The number of nitrogens with zero attached hydrogens (tertiary/aromatic N) is 1. The first kappa shape index (κ1) is 16.8. The van der Waals surface area contributed by atoms with Crippen molar-refractivity contribution >= 4 is 28.8 Å². The molecule has 2 aromatic carbocycles. The molecule has 0 bridgehead atoms. The van der Waals surface area contributed by atoms with Crippen LogP contribution in [-0.2, 0) is 0 Å². The molecule has 0 saturated heterocycles. The lowest BCUT2D eigenvalue weighted by molar-refractivity contribution is 0.240. The van der Waals surface area contributed by atoms with Gasteiger partial charge in [-0.2, -0.15) is 5.10 Å². The van der Waals surface area contributed by atoms with Gasteiger partial charge in [-0.15, -0.1) is 0 Å². The summed E-state index contributed by atoms with van der Waals surface area (Å²) in [5.74, 6) is 0. The molecule has 1 aromatic heterocycles. The highest BCUT2D eigenvalue weighted by Gasteiger charge is 2.21. The third kappa shape index (κ3) is 3.79. The summed E-state index contributed by atoms with van der Waals surface area (Å²) in [4.78, 5) is 24.3. The molecule has 4 rings (SSSR count). The molecule has 0 saturated carbocycles. The third-order valence-corrected chi connectivity index (χ3v) is 4.30. The Labute approximate surface area is 155 Å². The zero-order valence-electron chi connectivity index (χ0n) is 14.4. The SMILES string of the molecule is O=C1NN=C(c2cc3ccccc3oc2=O)CC(/C=C/c2ccccc2)N1. The number of fused-ring (bicyclic) bond motifs is 1. The van der Waals surface area contributed by atoms with Gasteiger partial charge in [-0.1, -0.05) is 60.7 Å². The Morgan fingerprint density at radius 3 is 2.67 bits per heavy atom. The maximum atomic E-state index is 12.4. The first-order valence-electron chi connectivity index (χ1n) is 8.58. The molecule has 1 aliphatic rings. The predicted molar refractivity (Wildman–Crippen MR) is 105 cm³/mol. The number of hydrogen-bond acceptors (Lipinski definition) is 4. The second kappa shape index (κ2) is 7.29. The molecule has 0 radical (unpaired) electrons. The van der Waals surface area contributed by atoms with Gasteiger partial charge in [-0.25, -0.2) is 15.0 Å². The van der Waals surface area contributed by atoms with Gasteiger partial charge in [0.2, 0.25) is 0 Å². The topological polar surface area (TPSA) is 83.7 Å². The highest BCUT2D eigenvalue weighted by molar-refractivity contribution is 6.03. The van der Waals surface area contributed by atoms with Crippen LogP contribution in [-0.4, -0.2) is 17.8 Å². The molecule has 1 atom stereocenters. The summed E-state index contributed by atoms with van der Waals surface area (Å²) in [5.41, 5.74) is 4.29. The monoisotopic (exact) mass is 359 g/mol. The average Bonchev–Trinajstić information content (AvgIpc) is 2.88. The first-order valence-corrected chi connectivity index (χ1v) is 8.58. The van der Waals surface area contributed by atoms with Crippen LogP contribution < -0.4 is 16.4 Å². The number of rotatable bonds is 3. The number of amides is 2. The molecule has 2 N–H and O–H groups in total. The minimum atomic E-state index is -0.477. The van der Waals surface area contributed by atoms with E-state index in [4.69, 9.17) is 4.42 Å². The van der Waals surface area contributed by atoms with E-state index in [1.54, 1.807) is 12.1 Å². The molecule has 1 unspecified atom stereocenters. The van der Waals surface area contributed by atoms with Crippen LogP contribution in [0, 0.1) is 0 Å². The van der Waals surface area contributed by atoms with E-state index in [0.29, 0.717) is 23.3 Å². The van der Waals surface area contributed by atoms with Crippen molar-refractivity contribution in [2.75, 3.05) is 0 Å². The molecule has 0 spiro atoms. The number of hydrazone groups is 1. The van der Waals surface area contributed by atoms with E-state index in [1.807, 2.05) is 60.7 Å². The molecular weight excluding hydrogens is 342 g/mol. The number of carbonyl (C=O) groups excluding carboxylic acids is 1. The van der Waals surface area contributed by atoms with E-state index in [-0.39, 0.29) is 6.04 Å². The lowest BCUT2D eigenvalue weighted by Gasteiger charge is -2.11. The summed E-state index contributed by atoms with van der Waals surface area (Å²) >= 11 is 0. The lowest BCUT2D eigenvalue weighted by atomic mass is 10.0. The molecule has 27 heavy (non-hydrogen) atoms. The fourth-order valence-electron chi connectivity index (χ4n) is 2.96. The molecule has 0 fully saturated rings. The number of benzene rings is 2. The molecule has 6 heteroatoms. The number of carbonyl (C=O) groups is 1. The quantitative estimate of drug-likeness (QED) is 0.704. The standard InChI is InChI=1S/C21H17N3O3/c25-20-17(12-15-8-4-5-9-19(15)27-20)18-13-16(22-21(26)24-23-18)11-10-14-6-2-1-3-7-14/h1-12,16H,13H2,(H2,22,24,26)/b11-10+. The molecule has 0 aliphatic carbocycles. The molecule has 2 heterocycles. The van der Waals surface area contributed by atoms with E-state index in [1.165, 1.54) is 0 Å². The van der Waals surface area contributed by atoms with E-state index in [0.717, 1.165) is 10.9 Å². The number of nitrogens with one attached hydrogen (secondary N) is 2. The number of para-hydroxylation sites is 1. The maximum absolute atomic E-state index is 12.4. The molecule has 3 aromatic rings. The summed E-state index contributed by atoms with van der Waals surface area (Å²) in [6.45, 7) is 0. The maximum Gasteiger partial charge on any atom is 0.345 e. The van der Waals surface area contributed by atoms with Crippen LogP contribution >= 0.6 is 0 Å². The van der Waals surface area contributed by atoms with E-state index in [9.17, 15) is 9.59 Å². The molecule has 2 amide bonds. The van der Waals surface area contributed by atoms with Gasteiger partial charge in [0, 0.05) is 11.8 Å². The average molecular weight is 359 g/mol. The second-order valence-corrected chi connectivity index (χ2v) is 6.21. The van der Waals surface area contributed by atoms with E-state index < -0.39 is 11.7 Å². The summed E-state index contributed by atoms with van der Waals surface area (Å²) in [6.07, 6.45) is 4.18. The van der Waals surface area contributed by atoms with Crippen LogP contribution in [0.25, 0.3) is 17.0 Å². The van der Waals surface area contributed by atoms with Crippen molar-refractivity contribution in [1.29, 1.82) is 0 Å². The Kier molecular flexibility index (Phi) is 4.53. The van der Waals surface area contributed by atoms with Gasteiger partial charge in [0.05, 0.1) is 17.3 Å². The van der Waals surface area contributed by atoms with Crippen molar-refractivity contribution in [3.63, 3.8) is 0 Å². The Morgan fingerprint density at radius 1 is 1.04 bits per heavy atom. The van der Waals surface area contributed by atoms with Crippen LogP contribution in [0.5, 0.6) is 0 Å². The fourth-order valence-corrected chi connectivity index (χ4v) is 2.96. The van der Waals surface area contributed by atoms with E-state index in [2.05, 4.69) is 15.8 Å². The fraction of sp³-hybridized carbons (Fsp3) is 0.0952. The van der Waals surface area contributed by atoms with Gasteiger partial charge in [0.15, 0.2) is 0 Å². The predicted octanol–water partition coefficient (Wildman–Crippen LogP) is 3.28. The van der Waals surface area contributed by atoms with Gasteiger partial charge in [-0.05, 0) is 17.7 Å². The Morgan fingerprint density at radius 2 is 1.81 bits per heavy atom. The smallest absolute Gasteiger partial charge is 0.345 e. The van der Waals surface area contributed by atoms with Crippen molar-refractivity contribution in [2.24, 2.45) is 5.10 Å². The van der Waals surface area contributed by atoms with Crippen molar-refractivity contribution < 1.29 is 9.21 Å². The minimum absolute atomic E-state index is 0.308. The number of hydrogen-bond donors (Lipinski definition) is 2. The summed E-state index contributed by atoms with van der Waals surface area (Å²) < 4.78 is 5.39. The van der Waals surface area contributed by atoms with Crippen LogP contribution in [0.15, 0.2) is 81.1 Å². The second-order valence-electron chi connectivity index (χ2n) is 6.21. The van der Waals surface area contributed by atoms with Gasteiger partial charge in [0.1, 0.15) is 5.58 Å². The Balaban J connectivity index is 1.66. The van der Waals surface area contributed by atoms with Crippen molar-refractivity contribution in [1.82, 2.24) is 10.7 Å². The van der Waals surface area contributed by atoms with Crippen molar-refractivity contribution in [2.45, 2.75) is 12.5 Å². The van der Waals surface area contributed by atoms with Crippen molar-refractivity contribution in [3.8, 4) is 0 Å². The largest absolute Gasteiger partial charge is 0.422 e. The Hall–Kier alpha value is -3.67. The zero-order chi connectivity index (χ0) is 18.6. The summed E-state index contributed by atoms with van der Waals surface area (Å²) in [7, 11) is 0. The summed E-state index contributed by atoms with van der Waals surface area (Å²) in [6, 6.07) is 18.1. The van der Waals surface area contributed by atoms with Crippen LogP contribution in [0.3, 0.4) is 0 Å². The van der Waals surface area contributed by atoms with Gasteiger partial charge in [0.25, 0.3) is 0 Å². The normalized spacial score (nSPS) is 17.3. The minimum Gasteiger partial charge on any atom is -0.422 e. The first-order chi connectivity index (χ1) is 13.2. The highest BCUT2D eigenvalue weighted by atomic mass is 16.4. The van der Waals surface area contributed by atoms with Crippen LogP contribution in [0.4, 0.5) is 4.79 Å². The number of urea groups is 1. The molecule has 6 nitrogen and oxygen atoms in total. The highest BCUT2D eigenvalue weighted by Crippen LogP contribution is 2.16. The van der Waals surface area contributed by atoms with Gasteiger partial charge in [-0.3, -0.25) is 0 Å². The summed E-state index contributed by atoms with van der Waals surface area (Å²) in [5, 5.41) is 7.73. The van der Waals surface area contributed by atoms with Gasteiger partial charge >= 0.3 is 11.7 Å². The Bertz CT molecular complexity index is 1100. The van der Waals surface area contributed by atoms with Gasteiger partial charge < -0.3 is 9.73 Å².